The van der Waals surface area contributed by atoms with Crippen molar-refractivity contribution in [2.24, 2.45) is 0 Å². The first kappa shape index (κ1) is 12.2. The van der Waals surface area contributed by atoms with Crippen molar-refractivity contribution in [1.29, 1.82) is 0 Å². The highest BCUT2D eigenvalue weighted by Gasteiger charge is 2.15. The van der Waals surface area contributed by atoms with E-state index in [2.05, 4.69) is 5.32 Å². The van der Waals surface area contributed by atoms with Crippen molar-refractivity contribution in [2.45, 2.75) is 25.7 Å². The van der Waals surface area contributed by atoms with Gasteiger partial charge in [0, 0.05) is 0 Å². The summed E-state index contributed by atoms with van der Waals surface area (Å²) in [6.07, 6.45) is 0. The van der Waals surface area contributed by atoms with E-state index in [1.165, 1.54) is 0 Å². The van der Waals surface area contributed by atoms with Crippen molar-refractivity contribution in [3.63, 3.8) is 0 Å². The van der Waals surface area contributed by atoms with Gasteiger partial charge in [0.1, 0.15) is 5.88 Å². The first-order valence-electron chi connectivity index (χ1n) is 4.98. The molecule has 84 valence electrons. The summed E-state index contributed by atoms with van der Waals surface area (Å²) in [6.45, 7) is 6.26. The minimum Gasteiger partial charge on any atom is -0.304 e. The smallest absolute Gasteiger partial charge is 0.191 e. The molecule has 0 aliphatic rings. The average molecular weight is 227 g/mol. The number of hydrogen-bond donors (Lipinski definition) is 1. The number of benzene rings is 1. The number of sulfone groups is 1. The van der Waals surface area contributed by atoms with Gasteiger partial charge in [-0.2, -0.15) is 0 Å². The van der Waals surface area contributed by atoms with E-state index in [-0.39, 0.29) is 5.88 Å². The van der Waals surface area contributed by atoms with Crippen molar-refractivity contribution in [2.75, 3.05) is 12.4 Å². The Labute approximate surface area is 91.4 Å². The van der Waals surface area contributed by atoms with Crippen LogP contribution in [-0.2, 0) is 9.84 Å². The van der Waals surface area contributed by atoms with Gasteiger partial charge in [-0.15, -0.1) is 0 Å². The number of nitrogens with one attached hydrogen (secondary N) is 1. The molecule has 3 nitrogen and oxygen atoms in total. The van der Waals surface area contributed by atoms with Gasteiger partial charge in [-0.3, -0.25) is 0 Å². The maximum Gasteiger partial charge on any atom is 0.191 e. The van der Waals surface area contributed by atoms with Gasteiger partial charge in [0.2, 0.25) is 0 Å². The molecule has 4 heteroatoms. The van der Waals surface area contributed by atoms with E-state index < -0.39 is 9.84 Å². The molecule has 0 aromatic heterocycles. The molecule has 0 atom stereocenters. The van der Waals surface area contributed by atoms with Crippen molar-refractivity contribution >= 4 is 9.84 Å². The second-order valence-electron chi connectivity index (χ2n) is 3.63. The Hall–Kier alpha value is -0.870. The van der Waals surface area contributed by atoms with Gasteiger partial charge < -0.3 is 5.32 Å². The minimum atomic E-state index is -3.19. The Kier molecular flexibility index (Phi) is 3.88. The topological polar surface area (TPSA) is 46.2 Å². The zero-order valence-electron chi connectivity index (χ0n) is 9.37. The highest BCUT2D eigenvalue weighted by Crippen LogP contribution is 2.17. The van der Waals surface area contributed by atoms with Crippen LogP contribution in [0.3, 0.4) is 0 Å². The summed E-state index contributed by atoms with van der Waals surface area (Å²) >= 11 is 0. The van der Waals surface area contributed by atoms with Crippen LogP contribution < -0.4 is 5.32 Å². The van der Waals surface area contributed by atoms with Gasteiger partial charge in [0.25, 0.3) is 0 Å². The number of aryl methyl sites for hydroxylation is 2. The van der Waals surface area contributed by atoms with Gasteiger partial charge in [0.15, 0.2) is 9.84 Å². The summed E-state index contributed by atoms with van der Waals surface area (Å²) < 4.78 is 23.8. The molecule has 1 N–H and O–H groups in total. The van der Waals surface area contributed by atoms with Gasteiger partial charge >= 0.3 is 0 Å². The third-order valence-corrected chi connectivity index (χ3v) is 3.91. The Bertz CT molecular complexity index is 438. The van der Waals surface area contributed by atoms with Crippen molar-refractivity contribution in [3.05, 3.63) is 29.3 Å². The fourth-order valence-corrected chi connectivity index (χ4v) is 2.91. The first-order chi connectivity index (χ1) is 6.97. The zero-order chi connectivity index (χ0) is 11.5. The van der Waals surface area contributed by atoms with Crippen LogP contribution >= 0.6 is 0 Å². The fourth-order valence-electron chi connectivity index (χ4n) is 1.36. The average Bonchev–Trinajstić information content (AvgIpc) is 2.18. The SMILES string of the molecule is CCNCS(=O)(=O)c1cc(C)ccc1C. The molecule has 1 rings (SSSR count). The molecule has 0 amide bonds. The van der Waals surface area contributed by atoms with Crippen LogP contribution in [-0.4, -0.2) is 20.8 Å². The van der Waals surface area contributed by atoms with E-state index in [4.69, 9.17) is 0 Å². The molecule has 0 fully saturated rings. The molecule has 1 aromatic rings. The first-order valence-corrected chi connectivity index (χ1v) is 6.63. The van der Waals surface area contributed by atoms with Gasteiger partial charge in [-0.25, -0.2) is 8.42 Å². The maximum absolute atomic E-state index is 11.9. The number of hydrogen-bond acceptors (Lipinski definition) is 3. The summed E-state index contributed by atoms with van der Waals surface area (Å²) in [6, 6.07) is 5.48. The lowest BCUT2D eigenvalue weighted by Gasteiger charge is -2.08. The summed E-state index contributed by atoms with van der Waals surface area (Å²) in [7, 11) is -3.19. The highest BCUT2D eigenvalue weighted by molar-refractivity contribution is 7.91. The molecule has 0 bridgehead atoms. The van der Waals surface area contributed by atoms with Crippen LogP contribution in [0, 0.1) is 13.8 Å². The quantitative estimate of drug-likeness (QED) is 0.850. The van der Waals surface area contributed by atoms with E-state index >= 15 is 0 Å². The molecular weight excluding hydrogens is 210 g/mol. The third kappa shape index (κ3) is 3.04. The summed E-state index contributed by atoms with van der Waals surface area (Å²) in [5.41, 5.74) is 1.77. The summed E-state index contributed by atoms with van der Waals surface area (Å²) in [5.74, 6) is 0.00773. The second-order valence-corrected chi connectivity index (χ2v) is 5.59. The van der Waals surface area contributed by atoms with Crippen LogP contribution in [0.2, 0.25) is 0 Å². The molecule has 0 saturated carbocycles. The van der Waals surface area contributed by atoms with E-state index in [9.17, 15) is 8.42 Å². The molecule has 0 spiro atoms. The Morgan fingerprint density at radius 1 is 1.27 bits per heavy atom. The molecule has 1 aromatic carbocycles. The normalized spacial score (nSPS) is 11.7. The van der Waals surface area contributed by atoms with Gasteiger partial charge in [-0.05, 0) is 37.6 Å². The Morgan fingerprint density at radius 2 is 1.93 bits per heavy atom. The van der Waals surface area contributed by atoms with Crippen molar-refractivity contribution < 1.29 is 8.42 Å². The minimum absolute atomic E-state index is 0.00773. The lowest BCUT2D eigenvalue weighted by atomic mass is 10.2. The highest BCUT2D eigenvalue weighted by atomic mass is 32.2. The molecule has 0 heterocycles. The predicted molar refractivity (Wildman–Crippen MR) is 61.6 cm³/mol. The van der Waals surface area contributed by atoms with E-state index in [1.807, 2.05) is 32.9 Å². The third-order valence-electron chi connectivity index (χ3n) is 2.22. The van der Waals surface area contributed by atoms with Crippen LogP contribution in [0.25, 0.3) is 0 Å². The molecule has 0 aliphatic carbocycles. The van der Waals surface area contributed by atoms with Crippen LogP contribution in [0.5, 0.6) is 0 Å². The van der Waals surface area contributed by atoms with Crippen molar-refractivity contribution in [1.82, 2.24) is 5.32 Å². The lowest BCUT2D eigenvalue weighted by Crippen LogP contribution is -2.23. The monoisotopic (exact) mass is 227 g/mol. The van der Waals surface area contributed by atoms with Crippen LogP contribution in [0.1, 0.15) is 18.1 Å². The lowest BCUT2D eigenvalue weighted by molar-refractivity contribution is 0.588. The van der Waals surface area contributed by atoms with E-state index in [0.29, 0.717) is 11.4 Å². The molecule has 0 saturated heterocycles. The molecule has 0 unspecified atom stereocenters. The zero-order valence-corrected chi connectivity index (χ0v) is 10.2. The van der Waals surface area contributed by atoms with Crippen LogP contribution in [0.15, 0.2) is 23.1 Å². The Balaban J connectivity index is 3.09. The standard InChI is InChI=1S/C11H17NO2S/c1-4-12-8-15(13,14)11-7-9(2)5-6-10(11)3/h5-7,12H,4,8H2,1-3H3. The fraction of sp³-hybridized carbons (Fsp3) is 0.455. The molecule has 0 aliphatic heterocycles. The van der Waals surface area contributed by atoms with Gasteiger partial charge in [0.05, 0.1) is 4.90 Å². The number of rotatable bonds is 4. The summed E-state index contributed by atoms with van der Waals surface area (Å²) in [4.78, 5) is 0.434. The van der Waals surface area contributed by atoms with Gasteiger partial charge in [-0.1, -0.05) is 19.1 Å². The van der Waals surface area contributed by atoms with Crippen LogP contribution in [0.4, 0.5) is 0 Å². The maximum atomic E-state index is 11.9. The van der Waals surface area contributed by atoms with E-state index in [0.717, 1.165) is 11.1 Å². The largest absolute Gasteiger partial charge is 0.304 e. The second kappa shape index (κ2) is 4.77. The molecular formula is C11H17NO2S. The molecule has 15 heavy (non-hydrogen) atoms. The predicted octanol–water partition coefficient (Wildman–Crippen LogP) is 1.64. The summed E-state index contributed by atoms with van der Waals surface area (Å²) in [5, 5.41) is 2.85. The van der Waals surface area contributed by atoms with Crippen molar-refractivity contribution in [3.8, 4) is 0 Å². The van der Waals surface area contributed by atoms with E-state index in [1.54, 1.807) is 6.07 Å². The molecule has 0 radical (unpaired) electrons. The Morgan fingerprint density at radius 3 is 2.53 bits per heavy atom.